The second-order valence-electron chi connectivity index (χ2n) is 4.20. The normalized spacial score (nSPS) is 10.4. The Balaban J connectivity index is 2.13. The van der Waals surface area contributed by atoms with Gasteiger partial charge in [-0.05, 0) is 31.9 Å². The Kier molecular flexibility index (Phi) is 4.11. The number of aromatic nitrogens is 2. The van der Waals surface area contributed by atoms with Gasteiger partial charge >= 0.3 is 0 Å². The number of pyridine rings is 1. The van der Waals surface area contributed by atoms with Crippen molar-refractivity contribution in [3.8, 4) is 0 Å². The van der Waals surface area contributed by atoms with Crippen molar-refractivity contribution in [1.29, 1.82) is 0 Å². The van der Waals surface area contributed by atoms with E-state index in [0.717, 1.165) is 23.5 Å². The van der Waals surface area contributed by atoms with Crippen LogP contribution in [-0.4, -0.2) is 15.9 Å². The lowest BCUT2D eigenvalue weighted by atomic mass is 10.3. The van der Waals surface area contributed by atoms with Gasteiger partial charge in [0.15, 0.2) is 0 Å². The molecule has 0 unspecified atom stereocenters. The van der Waals surface area contributed by atoms with E-state index in [9.17, 15) is 4.79 Å². The highest BCUT2D eigenvalue weighted by Gasteiger charge is 2.15. The minimum absolute atomic E-state index is 0.149. The van der Waals surface area contributed by atoms with Gasteiger partial charge in [-0.25, -0.2) is 9.97 Å². The van der Waals surface area contributed by atoms with Gasteiger partial charge in [0.2, 0.25) is 0 Å². The largest absolute Gasteiger partial charge is 0.384 e. The lowest BCUT2D eigenvalue weighted by molar-refractivity contribution is 0.103. The van der Waals surface area contributed by atoms with Crippen LogP contribution in [0.25, 0.3) is 0 Å². The van der Waals surface area contributed by atoms with E-state index < -0.39 is 0 Å². The molecule has 100 valence electrons. The number of amides is 1. The van der Waals surface area contributed by atoms with Gasteiger partial charge in [0.25, 0.3) is 5.91 Å². The first-order valence-electron chi connectivity index (χ1n) is 6.09. The maximum atomic E-state index is 12.1. The number of anilines is 2. The van der Waals surface area contributed by atoms with Crippen molar-refractivity contribution in [2.24, 2.45) is 0 Å². The van der Waals surface area contributed by atoms with Gasteiger partial charge in [0, 0.05) is 0 Å². The van der Waals surface area contributed by atoms with E-state index in [2.05, 4.69) is 22.2 Å². The predicted octanol–water partition coefficient (Wildman–Crippen LogP) is 2.63. The number of hydrogen-bond donors (Lipinski definition) is 2. The van der Waals surface area contributed by atoms with Crippen molar-refractivity contribution in [2.75, 3.05) is 11.1 Å². The number of nitrogens with one attached hydrogen (secondary N) is 1. The van der Waals surface area contributed by atoms with Crippen molar-refractivity contribution in [2.45, 2.75) is 26.7 Å². The number of nitrogens with two attached hydrogens (primary N) is 1. The molecule has 0 saturated carbocycles. The number of aryl methyl sites for hydroxylation is 2. The van der Waals surface area contributed by atoms with Crippen LogP contribution in [0.3, 0.4) is 0 Å². The van der Waals surface area contributed by atoms with E-state index in [-0.39, 0.29) is 5.91 Å². The quantitative estimate of drug-likeness (QED) is 0.899. The second kappa shape index (κ2) is 5.79. The molecule has 5 nitrogen and oxygen atoms in total. The molecule has 0 aliphatic carbocycles. The molecule has 2 rings (SSSR count). The van der Waals surface area contributed by atoms with Crippen molar-refractivity contribution in [3.63, 3.8) is 0 Å². The summed E-state index contributed by atoms with van der Waals surface area (Å²) in [6, 6.07) is 3.38. The number of hydrogen-bond acceptors (Lipinski definition) is 5. The third-order valence-corrected chi connectivity index (χ3v) is 3.77. The lowest BCUT2D eigenvalue weighted by Gasteiger charge is -2.03. The number of carbonyl (C=O) groups is 1. The van der Waals surface area contributed by atoms with Crippen LogP contribution in [0.5, 0.6) is 0 Å². The van der Waals surface area contributed by atoms with Gasteiger partial charge in [-0.2, -0.15) is 0 Å². The predicted molar refractivity (Wildman–Crippen MR) is 77.4 cm³/mol. The van der Waals surface area contributed by atoms with E-state index in [4.69, 9.17) is 5.73 Å². The van der Waals surface area contributed by atoms with Crippen molar-refractivity contribution >= 4 is 28.7 Å². The molecule has 6 heteroatoms. The van der Waals surface area contributed by atoms with Crippen LogP contribution in [0.15, 0.2) is 18.3 Å². The Morgan fingerprint density at radius 1 is 1.47 bits per heavy atom. The summed E-state index contributed by atoms with van der Waals surface area (Å²) in [6.07, 6.45) is 3.47. The van der Waals surface area contributed by atoms with Gasteiger partial charge in [-0.1, -0.05) is 6.92 Å². The summed E-state index contributed by atoms with van der Waals surface area (Å²) in [5.74, 6) is 0.279. The van der Waals surface area contributed by atoms with Crippen LogP contribution in [0, 0.1) is 6.92 Å². The summed E-state index contributed by atoms with van der Waals surface area (Å²) in [5, 5.41) is 3.80. The minimum Gasteiger partial charge on any atom is -0.384 e. The molecule has 0 atom stereocenters. The zero-order valence-electron chi connectivity index (χ0n) is 10.9. The van der Waals surface area contributed by atoms with E-state index in [0.29, 0.717) is 16.4 Å². The van der Waals surface area contributed by atoms with Crippen molar-refractivity contribution < 1.29 is 4.79 Å². The zero-order valence-corrected chi connectivity index (χ0v) is 11.8. The summed E-state index contributed by atoms with van der Waals surface area (Å²) in [5.41, 5.74) is 6.90. The molecule has 0 aromatic carbocycles. The molecule has 0 radical (unpaired) electrons. The van der Waals surface area contributed by atoms with Gasteiger partial charge in [-0.15, -0.1) is 11.3 Å². The molecule has 0 aliphatic heterocycles. The molecule has 1 amide bonds. The molecule has 2 aromatic heterocycles. The van der Waals surface area contributed by atoms with Gasteiger partial charge in [-0.3, -0.25) is 4.79 Å². The zero-order chi connectivity index (χ0) is 13.8. The average Bonchev–Trinajstić information content (AvgIpc) is 2.74. The maximum absolute atomic E-state index is 12.1. The summed E-state index contributed by atoms with van der Waals surface area (Å²) in [7, 11) is 0. The molecule has 3 N–H and O–H groups in total. The smallest absolute Gasteiger partial charge is 0.267 e. The monoisotopic (exact) mass is 276 g/mol. The Morgan fingerprint density at radius 3 is 2.89 bits per heavy atom. The van der Waals surface area contributed by atoms with E-state index in [1.165, 1.54) is 17.5 Å². The lowest BCUT2D eigenvalue weighted by Crippen LogP contribution is -2.11. The molecule has 0 spiro atoms. The van der Waals surface area contributed by atoms with Crippen LogP contribution < -0.4 is 11.1 Å². The fraction of sp³-hybridized carbons (Fsp3) is 0.308. The summed E-state index contributed by atoms with van der Waals surface area (Å²) in [6.45, 7) is 3.95. The van der Waals surface area contributed by atoms with E-state index in [1.807, 2.05) is 6.92 Å². The van der Waals surface area contributed by atoms with Crippen molar-refractivity contribution in [1.82, 2.24) is 9.97 Å². The molecule has 0 aliphatic rings. The Bertz CT molecular complexity index is 577. The van der Waals surface area contributed by atoms with Crippen LogP contribution in [0.4, 0.5) is 11.5 Å². The molecule has 2 aromatic rings. The van der Waals surface area contributed by atoms with Gasteiger partial charge in [0.05, 0.1) is 22.6 Å². The highest BCUT2D eigenvalue weighted by molar-refractivity contribution is 7.13. The fourth-order valence-electron chi connectivity index (χ4n) is 1.65. The van der Waals surface area contributed by atoms with Gasteiger partial charge < -0.3 is 11.1 Å². The highest BCUT2D eigenvalue weighted by atomic mass is 32.1. The topological polar surface area (TPSA) is 80.9 Å². The van der Waals surface area contributed by atoms with E-state index >= 15 is 0 Å². The maximum Gasteiger partial charge on any atom is 0.267 e. The van der Waals surface area contributed by atoms with Crippen LogP contribution in [0.1, 0.15) is 33.7 Å². The molecular formula is C13H16N4OS. The Morgan fingerprint density at radius 2 is 2.26 bits per heavy atom. The average molecular weight is 276 g/mol. The first-order chi connectivity index (χ1) is 9.10. The highest BCUT2D eigenvalue weighted by Crippen LogP contribution is 2.20. The van der Waals surface area contributed by atoms with Crippen LogP contribution >= 0.6 is 11.3 Å². The van der Waals surface area contributed by atoms with Crippen molar-refractivity contribution in [3.05, 3.63) is 33.9 Å². The Labute approximate surface area is 115 Å². The molecule has 0 bridgehead atoms. The number of thiazole rings is 1. The number of carbonyl (C=O) groups excluding carboxylic acids is 1. The molecule has 19 heavy (non-hydrogen) atoms. The standard InChI is InChI=1S/C13H16N4OS/c1-3-4-11-16-8(2)12(19-11)13(18)17-9-5-6-10(14)15-7-9/h5-7H,3-4H2,1-2H3,(H2,14,15)(H,17,18). The fourth-order valence-corrected chi connectivity index (χ4v) is 2.71. The summed E-state index contributed by atoms with van der Waals surface area (Å²) in [4.78, 5) is 21.1. The third kappa shape index (κ3) is 3.29. The Hall–Kier alpha value is -1.95. The number of rotatable bonds is 4. The first-order valence-corrected chi connectivity index (χ1v) is 6.91. The number of nitrogens with zero attached hydrogens (tertiary/aromatic N) is 2. The molecular weight excluding hydrogens is 260 g/mol. The summed E-state index contributed by atoms with van der Waals surface area (Å²) >= 11 is 1.45. The minimum atomic E-state index is -0.149. The summed E-state index contributed by atoms with van der Waals surface area (Å²) < 4.78 is 0. The van der Waals surface area contributed by atoms with Crippen LogP contribution in [-0.2, 0) is 6.42 Å². The SMILES string of the molecule is CCCc1nc(C)c(C(=O)Nc2ccc(N)nc2)s1. The van der Waals surface area contributed by atoms with Gasteiger partial charge in [0.1, 0.15) is 10.7 Å². The van der Waals surface area contributed by atoms with Crippen LogP contribution in [0.2, 0.25) is 0 Å². The molecule has 0 fully saturated rings. The molecule has 2 heterocycles. The second-order valence-corrected chi connectivity index (χ2v) is 5.28. The third-order valence-electron chi connectivity index (χ3n) is 2.56. The van der Waals surface area contributed by atoms with E-state index in [1.54, 1.807) is 12.1 Å². The number of nitrogen functional groups attached to an aromatic ring is 1. The first kappa shape index (κ1) is 13.5. The molecule has 0 saturated heterocycles.